The Morgan fingerprint density at radius 2 is 2.00 bits per heavy atom. The van der Waals surface area contributed by atoms with Crippen LogP contribution < -0.4 is 11.3 Å². The summed E-state index contributed by atoms with van der Waals surface area (Å²) in [4.78, 5) is 4.06. The molecule has 0 radical (unpaired) electrons. The van der Waals surface area contributed by atoms with E-state index in [1.165, 1.54) is 16.6 Å². The van der Waals surface area contributed by atoms with Crippen molar-refractivity contribution in [2.75, 3.05) is 18.5 Å². The molecule has 0 aliphatic carbocycles. The van der Waals surface area contributed by atoms with E-state index >= 15 is 0 Å². The number of rotatable bonds is 3. The fourth-order valence-electron chi connectivity index (χ4n) is 2.12. The molecule has 1 aliphatic rings. The number of aromatic nitrogens is 1. The molecule has 1 aromatic rings. The third-order valence-electron chi connectivity index (χ3n) is 3.48. The lowest BCUT2D eigenvalue weighted by molar-refractivity contribution is 0.463. The zero-order chi connectivity index (χ0) is 13.3. The van der Waals surface area contributed by atoms with Gasteiger partial charge in [0.2, 0.25) is 10.0 Å². The van der Waals surface area contributed by atoms with E-state index in [9.17, 15) is 8.42 Å². The van der Waals surface area contributed by atoms with Gasteiger partial charge in [-0.1, -0.05) is 13.8 Å². The first kappa shape index (κ1) is 13.3. The van der Waals surface area contributed by atoms with Gasteiger partial charge in [-0.05, 0) is 24.0 Å². The summed E-state index contributed by atoms with van der Waals surface area (Å²) in [6, 6.07) is 3.11. The van der Waals surface area contributed by atoms with E-state index in [-0.39, 0.29) is 10.7 Å². The van der Waals surface area contributed by atoms with Crippen molar-refractivity contribution in [3.63, 3.8) is 0 Å². The molecular formula is C11H18N4O2S. The van der Waals surface area contributed by atoms with Gasteiger partial charge in [0.1, 0.15) is 4.90 Å². The maximum absolute atomic E-state index is 12.5. The molecule has 6 nitrogen and oxygen atoms in total. The number of nitrogens with one attached hydrogen (secondary N) is 1. The minimum atomic E-state index is -3.52. The molecule has 1 saturated heterocycles. The Hall–Kier alpha value is -1.18. The van der Waals surface area contributed by atoms with Gasteiger partial charge < -0.3 is 5.43 Å². The summed E-state index contributed by atoms with van der Waals surface area (Å²) in [5.74, 6) is 6.22. The molecule has 2 atom stereocenters. The molecule has 3 N–H and O–H groups in total. The van der Waals surface area contributed by atoms with Crippen LogP contribution in [0.15, 0.2) is 23.2 Å². The Bertz CT molecular complexity index is 522. The average Bonchev–Trinajstić information content (AvgIpc) is 2.70. The molecule has 100 valence electrons. The van der Waals surface area contributed by atoms with Crippen molar-refractivity contribution in [3.8, 4) is 0 Å². The quantitative estimate of drug-likeness (QED) is 0.621. The first-order valence-electron chi connectivity index (χ1n) is 5.88. The second-order valence-corrected chi connectivity index (χ2v) is 6.68. The summed E-state index contributed by atoms with van der Waals surface area (Å²) in [7, 11) is -3.52. The lowest BCUT2D eigenvalue weighted by Crippen LogP contribution is -2.30. The van der Waals surface area contributed by atoms with Crippen LogP contribution >= 0.6 is 0 Å². The van der Waals surface area contributed by atoms with Crippen molar-refractivity contribution >= 4 is 15.8 Å². The van der Waals surface area contributed by atoms with Crippen LogP contribution in [0.4, 0.5) is 5.82 Å². The normalized spacial score (nSPS) is 25.3. The van der Waals surface area contributed by atoms with Crippen molar-refractivity contribution in [1.29, 1.82) is 0 Å². The number of hydrogen-bond donors (Lipinski definition) is 2. The summed E-state index contributed by atoms with van der Waals surface area (Å²) >= 11 is 0. The van der Waals surface area contributed by atoms with E-state index < -0.39 is 10.0 Å². The first-order chi connectivity index (χ1) is 8.46. The minimum absolute atomic E-state index is 0.133. The summed E-state index contributed by atoms with van der Waals surface area (Å²) < 4.78 is 26.5. The number of nitrogens with two attached hydrogens (primary N) is 1. The van der Waals surface area contributed by atoms with E-state index in [0.29, 0.717) is 24.9 Å². The molecule has 1 fully saturated rings. The number of anilines is 1. The number of pyridine rings is 1. The van der Waals surface area contributed by atoms with Gasteiger partial charge in [-0.25, -0.2) is 19.2 Å². The van der Waals surface area contributed by atoms with Crippen LogP contribution in [0.25, 0.3) is 0 Å². The van der Waals surface area contributed by atoms with E-state index in [1.54, 1.807) is 6.07 Å². The monoisotopic (exact) mass is 270 g/mol. The zero-order valence-electron chi connectivity index (χ0n) is 10.5. The molecule has 2 heterocycles. The molecule has 0 aromatic carbocycles. The average molecular weight is 270 g/mol. The third kappa shape index (κ3) is 2.21. The molecule has 2 rings (SSSR count). The largest absolute Gasteiger partial charge is 0.307 e. The summed E-state index contributed by atoms with van der Waals surface area (Å²) in [6.07, 6.45) is 1.50. The van der Waals surface area contributed by atoms with Gasteiger partial charge in [0.25, 0.3) is 0 Å². The maximum Gasteiger partial charge on any atom is 0.246 e. The van der Waals surface area contributed by atoms with Gasteiger partial charge in [-0.15, -0.1) is 0 Å². The topological polar surface area (TPSA) is 88.3 Å². The molecule has 0 saturated carbocycles. The molecule has 1 aliphatic heterocycles. The van der Waals surface area contributed by atoms with Gasteiger partial charge >= 0.3 is 0 Å². The minimum Gasteiger partial charge on any atom is -0.307 e. The van der Waals surface area contributed by atoms with Crippen molar-refractivity contribution in [2.45, 2.75) is 18.7 Å². The van der Waals surface area contributed by atoms with Gasteiger partial charge in [-0.3, -0.25) is 0 Å². The lowest BCUT2D eigenvalue weighted by atomic mass is 10.0. The number of hydrogen-bond acceptors (Lipinski definition) is 5. The van der Waals surface area contributed by atoms with Gasteiger partial charge in [0.15, 0.2) is 5.82 Å². The standard InChI is InChI=1S/C11H18N4O2S/c1-8-6-15(7-9(8)2)18(16,17)10-4-3-5-13-11(10)14-12/h3-5,8-9H,6-7,12H2,1-2H3,(H,13,14). The number of nitrogen functional groups attached to an aromatic ring is 1. The Morgan fingerprint density at radius 1 is 1.39 bits per heavy atom. The number of nitrogens with zero attached hydrogens (tertiary/aromatic N) is 2. The predicted molar refractivity (Wildman–Crippen MR) is 69.1 cm³/mol. The third-order valence-corrected chi connectivity index (χ3v) is 5.34. The van der Waals surface area contributed by atoms with Crippen LogP contribution in [0.1, 0.15) is 13.8 Å². The Kier molecular flexibility index (Phi) is 3.56. The molecule has 0 spiro atoms. The van der Waals surface area contributed by atoms with E-state index in [1.807, 2.05) is 0 Å². The second kappa shape index (κ2) is 4.83. The van der Waals surface area contributed by atoms with Crippen LogP contribution in [-0.2, 0) is 10.0 Å². The van der Waals surface area contributed by atoms with Crippen molar-refractivity contribution < 1.29 is 8.42 Å². The lowest BCUT2D eigenvalue weighted by Gasteiger charge is -2.17. The first-order valence-corrected chi connectivity index (χ1v) is 7.32. The predicted octanol–water partition coefficient (Wildman–Crippen LogP) is 0.644. The van der Waals surface area contributed by atoms with Crippen LogP contribution in [-0.4, -0.2) is 30.8 Å². The van der Waals surface area contributed by atoms with Crippen LogP contribution in [0.5, 0.6) is 0 Å². The van der Waals surface area contributed by atoms with Gasteiger partial charge in [-0.2, -0.15) is 4.31 Å². The smallest absolute Gasteiger partial charge is 0.246 e. The number of sulfonamides is 1. The number of hydrazine groups is 1. The van der Waals surface area contributed by atoms with Crippen molar-refractivity contribution in [3.05, 3.63) is 18.3 Å². The Morgan fingerprint density at radius 3 is 2.56 bits per heavy atom. The van der Waals surface area contributed by atoms with Gasteiger partial charge in [0, 0.05) is 19.3 Å². The highest BCUT2D eigenvalue weighted by atomic mass is 32.2. The Labute approximate surface area is 107 Å². The molecule has 2 unspecified atom stereocenters. The summed E-state index contributed by atoms with van der Waals surface area (Å²) in [5.41, 5.74) is 2.33. The van der Waals surface area contributed by atoms with Gasteiger partial charge in [0.05, 0.1) is 0 Å². The highest BCUT2D eigenvalue weighted by Gasteiger charge is 2.36. The van der Waals surface area contributed by atoms with Crippen molar-refractivity contribution in [1.82, 2.24) is 9.29 Å². The van der Waals surface area contributed by atoms with E-state index in [0.717, 1.165) is 0 Å². The van der Waals surface area contributed by atoms with E-state index in [4.69, 9.17) is 5.84 Å². The fourth-order valence-corrected chi connectivity index (χ4v) is 3.87. The maximum atomic E-state index is 12.5. The molecular weight excluding hydrogens is 252 g/mol. The van der Waals surface area contributed by atoms with Crippen LogP contribution in [0, 0.1) is 11.8 Å². The van der Waals surface area contributed by atoms with Crippen LogP contribution in [0.2, 0.25) is 0 Å². The SMILES string of the molecule is CC1CN(S(=O)(=O)c2cccnc2NN)CC1C. The summed E-state index contributed by atoms with van der Waals surface area (Å²) in [5, 5.41) is 0. The molecule has 0 amide bonds. The summed E-state index contributed by atoms with van der Waals surface area (Å²) in [6.45, 7) is 5.21. The molecule has 7 heteroatoms. The van der Waals surface area contributed by atoms with Crippen LogP contribution in [0.3, 0.4) is 0 Å². The highest BCUT2D eigenvalue weighted by molar-refractivity contribution is 7.89. The molecule has 0 bridgehead atoms. The fraction of sp³-hybridized carbons (Fsp3) is 0.545. The molecule has 1 aromatic heterocycles. The highest BCUT2D eigenvalue weighted by Crippen LogP contribution is 2.29. The van der Waals surface area contributed by atoms with Crippen molar-refractivity contribution in [2.24, 2.45) is 17.7 Å². The Balaban J connectivity index is 2.37. The zero-order valence-corrected chi connectivity index (χ0v) is 11.3. The second-order valence-electron chi connectivity index (χ2n) is 4.77. The van der Waals surface area contributed by atoms with E-state index in [2.05, 4.69) is 24.3 Å². The molecule has 18 heavy (non-hydrogen) atoms.